The van der Waals surface area contributed by atoms with E-state index in [1.807, 2.05) is 29.6 Å². The number of hydrogen-bond donors (Lipinski definition) is 1. The molecule has 5 nitrogen and oxygen atoms in total. The molecule has 8 heteroatoms. The Morgan fingerprint density at radius 1 is 1.20 bits per heavy atom. The van der Waals surface area contributed by atoms with Gasteiger partial charge in [-0.3, -0.25) is 9.69 Å². The van der Waals surface area contributed by atoms with Crippen molar-refractivity contribution in [2.75, 3.05) is 39.9 Å². The van der Waals surface area contributed by atoms with E-state index in [1.54, 1.807) is 7.11 Å². The molecular weight excluding hydrogens is 337 g/mol. The number of piperidine rings is 1. The Kier molecular flexibility index (Phi) is 6.92. The Bertz CT molecular complexity index is 541. The first kappa shape index (κ1) is 19.4. The van der Waals surface area contributed by atoms with Gasteiger partial charge in [0, 0.05) is 12.5 Å². The molecule has 0 aromatic heterocycles. The number of hydrogen-bond acceptors (Lipinski definition) is 4. The molecule has 0 aliphatic carbocycles. The molecule has 1 aromatic carbocycles. The highest BCUT2D eigenvalue weighted by Crippen LogP contribution is 2.20. The molecule has 1 aromatic rings. The van der Waals surface area contributed by atoms with Crippen LogP contribution < -0.4 is 14.8 Å². The molecule has 140 valence electrons. The minimum atomic E-state index is -4.37. The summed E-state index contributed by atoms with van der Waals surface area (Å²) >= 11 is 0. The van der Waals surface area contributed by atoms with Crippen molar-refractivity contribution in [2.45, 2.75) is 19.0 Å². The van der Waals surface area contributed by atoms with Crippen molar-refractivity contribution in [1.29, 1.82) is 0 Å². The van der Waals surface area contributed by atoms with E-state index in [4.69, 9.17) is 9.47 Å². The zero-order valence-electron chi connectivity index (χ0n) is 14.1. The molecule has 0 bridgehead atoms. The van der Waals surface area contributed by atoms with E-state index in [1.165, 1.54) is 0 Å². The van der Waals surface area contributed by atoms with Crippen LogP contribution in [0.1, 0.15) is 12.8 Å². The van der Waals surface area contributed by atoms with E-state index in [9.17, 15) is 18.0 Å². The average Bonchev–Trinajstić information content (AvgIpc) is 2.60. The highest BCUT2D eigenvalue weighted by molar-refractivity contribution is 5.78. The van der Waals surface area contributed by atoms with Gasteiger partial charge in [-0.25, -0.2) is 0 Å². The van der Waals surface area contributed by atoms with Gasteiger partial charge >= 0.3 is 6.18 Å². The number of carbonyl (C=O) groups is 1. The number of methoxy groups -OCH3 is 1. The molecule has 0 atom stereocenters. The maximum Gasteiger partial charge on any atom is 0.405 e. The first-order valence-corrected chi connectivity index (χ1v) is 8.21. The first-order chi connectivity index (χ1) is 11.9. The first-order valence-electron chi connectivity index (χ1n) is 8.21. The average molecular weight is 360 g/mol. The minimum Gasteiger partial charge on any atom is -0.497 e. The van der Waals surface area contributed by atoms with Crippen LogP contribution in [0.25, 0.3) is 0 Å². The van der Waals surface area contributed by atoms with E-state index in [0.29, 0.717) is 39.1 Å². The second kappa shape index (κ2) is 8.94. The fourth-order valence-electron chi connectivity index (χ4n) is 2.71. The molecule has 0 spiro atoms. The third-order valence-electron chi connectivity index (χ3n) is 4.16. The number of amides is 1. The molecule has 1 N–H and O–H groups in total. The standard InChI is InChI=1S/C17H23F3N2O3/c1-24-14-2-4-15(5-3-14)25-11-10-22-8-6-13(7-9-22)16(23)21-12-17(18,19)20/h2-5,13H,6-12H2,1H3,(H,21,23). The molecule has 0 saturated carbocycles. The van der Waals surface area contributed by atoms with Crippen LogP contribution in [0.2, 0.25) is 0 Å². The van der Waals surface area contributed by atoms with Crippen molar-refractivity contribution < 1.29 is 27.4 Å². The lowest BCUT2D eigenvalue weighted by atomic mass is 9.96. The molecule has 1 fully saturated rings. The van der Waals surface area contributed by atoms with Gasteiger partial charge in [-0.15, -0.1) is 0 Å². The summed E-state index contributed by atoms with van der Waals surface area (Å²) in [5, 5.41) is 1.96. The maximum absolute atomic E-state index is 12.1. The number of halogens is 3. The molecule has 0 unspecified atom stereocenters. The Labute approximate surface area is 145 Å². The lowest BCUT2D eigenvalue weighted by Crippen LogP contribution is -2.43. The van der Waals surface area contributed by atoms with Crippen LogP contribution in [0.3, 0.4) is 0 Å². The quantitative estimate of drug-likeness (QED) is 0.812. The number of likely N-dealkylation sites (tertiary alicyclic amines) is 1. The van der Waals surface area contributed by atoms with Gasteiger partial charge < -0.3 is 14.8 Å². The Hall–Kier alpha value is -1.96. The predicted molar refractivity (Wildman–Crippen MR) is 86.7 cm³/mol. The summed E-state index contributed by atoms with van der Waals surface area (Å²) in [6.07, 6.45) is -3.24. The van der Waals surface area contributed by atoms with E-state index >= 15 is 0 Å². The fraction of sp³-hybridized carbons (Fsp3) is 0.588. The number of alkyl halides is 3. The van der Waals surface area contributed by atoms with Crippen LogP contribution in [0.15, 0.2) is 24.3 Å². The minimum absolute atomic E-state index is 0.346. The van der Waals surface area contributed by atoms with Gasteiger partial charge in [0.15, 0.2) is 0 Å². The largest absolute Gasteiger partial charge is 0.497 e. The maximum atomic E-state index is 12.1. The molecule has 0 radical (unpaired) electrons. The molecule has 1 saturated heterocycles. The number of nitrogens with zero attached hydrogens (tertiary/aromatic N) is 1. The normalized spacial score (nSPS) is 16.5. The van der Waals surface area contributed by atoms with Crippen molar-refractivity contribution in [3.05, 3.63) is 24.3 Å². The highest BCUT2D eigenvalue weighted by atomic mass is 19.4. The molecule has 1 aliphatic heterocycles. The van der Waals surface area contributed by atoms with Crippen LogP contribution in [-0.4, -0.2) is 56.9 Å². The lowest BCUT2D eigenvalue weighted by molar-refractivity contribution is -0.141. The van der Waals surface area contributed by atoms with Crippen molar-refractivity contribution in [3.8, 4) is 11.5 Å². The second-order valence-electron chi connectivity index (χ2n) is 5.97. The molecular formula is C17H23F3N2O3. The number of nitrogens with one attached hydrogen (secondary N) is 1. The Balaban J connectivity index is 1.64. The zero-order chi connectivity index (χ0) is 18.3. The van der Waals surface area contributed by atoms with E-state index in [0.717, 1.165) is 11.5 Å². The number of rotatable bonds is 7. The van der Waals surface area contributed by atoms with Crippen LogP contribution in [0.4, 0.5) is 13.2 Å². The van der Waals surface area contributed by atoms with Crippen molar-refractivity contribution >= 4 is 5.91 Å². The van der Waals surface area contributed by atoms with Crippen LogP contribution in [0.5, 0.6) is 11.5 Å². The highest BCUT2D eigenvalue weighted by Gasteiger charge is 2.30. The zero-order valence-corrected chi connectivity index (χ0v) is 14.1. The van der Waals surface area contributed by atoms with Crippen LogP contribution >= 0.6 is 0 Å². The summed E-state index contributed by atoms with van der Waals surface area (Å²) in [5.41, 5.74) is 0. The van der Waals surface area contributed by atoms with Gasteiger partial charge in [0.25, 0.3) is 0 Å². The number of benzene rings is 1. The molecule has 1 amide bonds. The summed E-state index contributed by atoms with van der Waals surface area (Å²) in [6, 6.07) is 7.30. The molecule has 1 heterocycles. The fourth-order valence-corrected chi connectivity index (χ4v) is 2.71. The van der Waals surface area contributed by atoms with E-state index in [-0.39, 0.29) is 5.92 Å². The number of carbonyl (C=O) groups excluding carboxylic acids is 1. The Morgan fingerprint density at radius 2 is 1.80 bits per heavy atom. The van der Waals surface area contributed by atoms with Gasteiger partial charge in [-0.2, -0.15) is 13.2 Å². The van der Waals surface area contributed by atoms with Crippen molar-refractivity contribution in [3.63, 3.8) is 0 Å². The number of ether oxygens (including phenoxy) is 2. The van der Waals surface area contributed by atoms with E-state index < -0.39 is 18.6 Å². The summed E-state index contributed by atoms with van der Waals surface area (Å²) < 4.78 is 47.1. The van der Waals surface area contributed by atoms with Crippen molar-refractivity contribution in [1.82, 2.24) is 10.2 Å². The molecule has 1 aliphatic rings. The lowest BCUT2D eigenvalue weighted by Gasteiger charge is -2.31. The van der Waals surface area contributed by atoms with E-state index in [2.05, 4.69) is 4.90 Å². The smallest absolute Gasteiger partial charge is 0.405 e. The van der Waals surface area contributed by atoms with Crippen molar-refractivity contribution in [2.24, 2.45) is 5.92 Å². The second-order valence-corrected chi connectivity index (χ2v) is 5.97. The SMILES string of the molecule is COc1ccc(OCCN2CCC(C(=O)NCC(F)(F)F)CC2)cc1. The molecule has 25 heavy (non-hydrogen) atoms. The predicted octanol–water partition coefficient (Wildman–Crippen LogP) is 2.46. The van der Waals surface area contributed by atoms with Crippen LogP contribution in [-0.2, 0) is 4.79 Å². The van der Waals surface area contributed by atoms with Gasteiger partial charge in [0.2, 0.25) is 5.91 Å². The summed E-state index contributed by atoms with van der Waals surface area (Å²) in [7, 11) is 1.60. The topological polar surface area (TPSA) is 50.8 Å². The monoisotopic (exact) mass is 360 g/mol. The van der Waals surface area contributed by atoms with Gasteiger partial charge in [-0.05, 0) is 50.2 Å². The summed E-state index contributed by atoms with van der Waals surface area (Å²) in [5.74, 6) is 0.660. The third-order valence-corrected chi connectivity index (χ3v) is 4.16. The third kappa shape index (κ3) is 6.81. The molecule has 2 rings (SSSR count). The Morgan fingerprint density at radius 3 is 2.36 bits per heavy atom. The van der Waals surface area contributed by atoms with Gasteiger partial charge in [-0.1, -0.05) is 0 Å². The summed E-state index contributed by atoms with van der Waals surface area (Å²) in [4.78, 5) is 13.9. The summed E-state index contributed by atoms with van der Waals surface area (Å²) in [6.45, 7) is 1.31. The van der Waals surface area contributed by atoms with Crippen LogP contribution in [0, 0.1) is 5.92 Å². The van der Waals surface area contributed by atoms with Gasteiger partial charge in [0.1, 0.15) is 24.7 Å². The van der Waals surface area contributed by atoms with Gasteiger partial charge in [0.05, 0.1) is 7.11 Å².